The van der Waals surface area contributed by atoms with E-state index in [1.165, 1.54) is 37.4 Å². The molecule has 0 saturated carbocycles. The first-order valence-electron chi connectivity index (χ1n) is 8.63. The number of Topliss-reactive ketones (excluding diaryl/α,β-unsaturated/α-hetero) is 1. The molecule has 5 nitrogen and oxygen atoms in total. The van der Waals surface area contributed by atoms with Crippen LogP contribution in [0, 0.1) is 11.6 Å². The van der Waals surface area contributed by atoms with Crippen molar-refractivity contribution in [3.05, 3.63) is 71.3 Å². The number of carbonyl (C=O) groups is 3. The first-order chi connectivity index (χ1) is 13.3. The van der Waals surface area contributed by atoms with Gasteiger partial charge in [0.2, 0.25) is 0 Å². The van der Waals surface area contributed by atoms with Gasteiger partial charge < -0.3 is 9.84 Å². The summed E-state index contributed by atoms with van der Waals surface area (Å²) in [5.41, 5.74) is 1.13. The Morgan fingerprint density at radius 2 is 1.57 bits per heavy atom. The van der Waals surface area contributed by atoms with Crippen LogP contribution < -0.4 is 0 Å². The molecule has 0 unspecified atom stereocenters. The maximum absolute atomic E-state index is 12.7. The van der Waals surface area contributed by atoms with Crippen LogP contribution in [-0.2, 0) is 20.7 Å². The number of aliphatic carboxylic acids is 1. The molecule has 0 spiro atoms. The summed E-state index contributed by atoms with van der Waals surface area (Å²) >= 11 is 0. The standard InChI is InChI=1S/C11H11FO3.C10H11FO2/c1-15-11(14)6-5-10(13)8-3-2-4-9(12)7-8;11-9-5-1-3-8(7-9)4-2-6-10(12)13/h2-4,7H,5-6H2,1H3;1,3,5,7H,2,4,6H2,(H,12,13). The first-order valence-corrected chi connectivity index (χ1v) is 8.63. The summed E-state index contributed by atoms with van der Waals surface area (Å²) in [6, 6.07) is 11.6. The zero-order chi connectivity index (χ0) is 20.9. The Morgan fingerprint density at radius 3 is 2.14 bits per heavy atom. The van der Waals surface area contributed by atoms with Crippen molar-refractivity contribution in [1.29, 1.82) is 0 Å². The van der Waals surface area contributed by atoms with E-state index >= 15 is 0 Å². The largest absolute Gasteiger partial charge is 0.481 e. The maximum Gasteiger partial charge on any atom is 0.305 e. The topological polar surface area (TPSA) is 80.7 Å². The highest BCUT2D eigenvalue weighted by Gasteiger charge is 2.09. The first kappa shape index (κ1) is 23.0. The zero-order valence-electron chi connectivity index (χ0n) is 15.5. The van der Waals surface area contributed by atoms with Gasteiger partial charge in [-0.05, 0) is 42.7 Å². The summed E-state index contributed by atoms with van der Waals surface area (Å²) in [7, 11) is 1.26. The van der Waals surface area contributed by atoms with Crippen molar-refractivity contribution in [3.63, 3.8) is 0 Å². The van der Waals surface area contributed by atoms with Crippen molar-refractivity contribution in [2.75, 3.05) is 7.11 Å². The molecule has 0 aliphatic heterocycles. The lowest BCUT2D eigenvalue weighted by Gasteiger charge is -2.00. The van der Waals surface area contributed by atoms with E-state index in [4.69, 9.17) is 5.11 Å². The quantitative estimate of drug-likeness (QED) is 0.538. The van der Waals surface area contributed by atoms with Crippen LogP contribution in [0.25, 0.3) is 0 Å². The molecule has 2 aromatic rings. The van der Waals surface area contributed by atoms with E-state index < -0.39 is 17.8 Å². The molecule has 0 atom stereocenters. The lowest BCUT2D eigenvalue weighted by molar-refractivity contribution is -0.140. The highest BCUT2D eigenvalue weighted by Crippen LogP contribution is 2.08. The number of aryl methyl sites for hydroxylation is 1. The van der Waals surface area contributed by atoms with Crippen LogP contribution in [0.3, 0.4) is 0 Å². The molecule has 0 saturated heterocycles. The fraction of sp³-hybridized carbons (Fsp3) is 0.286. The number of halogens is 2. The van der Waals surface area contributed by atoms with Crippen LogP contribution in [0.15, 0.2) is 48.5 Å². The predicted octanol–water partition coefficient (Wildman–Crippen LogP) is 4.19. The third-order valence-corrected chi connectivity index (χ3v) is 3.68. The van der Waals surface area contributed by atoms with Gasteiger partial charge in [-0.3, -0.25) is 14.4 Å². The average molecular weight is 392 g/mol. The SMILES string of the molecule is COC(=O)CCC(=O)c1cccc(F)c1.O=C(O)CCCc1cccc(F)c1. The van der Waals surface area contributed by atoms with E-state index in [9.17, 15) is 23.2 Å². The lowest BCUT2D eigenvalue weighted by Crippen LogP contribution is -2.06. The molecule has 0 amide bonds. The van der Waals surface area contributed by atoms with E-state index in [1.807, 2.05) is 0 Å². The van der Waals surface area contributed by atoms with Gasteiger partial charge in [0.15, 0.2) is 5.78 Å². The van der Waals surface area contributed by atoms with Crippen molar-refractivity contribution in [2.45, 2.75) is 32.1 Å². The molecule has 0 aliphatic carbocycles. The molecule has 0 bridgehead atoms. The summed E-state index contributed by atoms with van der Waals surface area (Å²) in [6.07, 6.45) is 1.36. The monoisotopic (exact) mass is 392 g/mol. The Kier molecular flexibility index (Phi) is 10.1. The molecule has 28 heavy (non-hydrogen) atoms. The fourth-order valence-corrected chi connectivity index (χ4v) is 2.26. The number of carboxylic acids is 1. The van der Waals surface area contributed by atoms with Gasteiger partial charge in [0.25, 0.3) is 0 Å². The van der Waals surface area contributed by atoms with Gasteiger partial charge in [0.05, 0.1) is 13.5 Å². The number of carbonyl (C=O) groups excluding carboxylic acids is 2. The molecule has 0 fully saturated rings. The average Bonchev–Trinajstić information content (AvgIpc) is 2.66. The van der Waals surface area contributed by atoms with E-state index in [1.54, 1.807) is 12.1 Å². The van der Waals surface area contributed by atoms with Gasteiger partial charge in [0, 0.05) is 18.4 Å². The Hall–Kier alpha value is -3.09. The van der Waals surface area contributed by atoms with Crippen LogP contribution in [0.5, 0.6) is 0 Å². The summed E-state index contributed by atoms with van der Waals surface area (Å²) < 4.78 is 29.8. The molecule has 0 aromatic heterocycles. The Labute approximate surface area is 162 Å². The molecular weight excluding hydrogens is 370 g/mol. The maximum atomic E-state index is 12.7. The minimum atomic E-state index is -0.809. The lowest BCUT2D eigenvalue weighted by atomic mass is 10.1. The second-order valence-corrected chi connectivity index (χ2v) is 5.89. The third-order valence-electron chi connectivity index (χ3n) is 3.68. The van der Waals surface area contributed by atoms with E-state index in [0.29, 0.717) is 12.8 Å². The van der Waals surface area contributed by atoms with Gasteiger partial charge in [0.1, 0.15) is 11.6 Å². The smallest absolute Gasteiger partial charge is 0.305 e. The number of methoxy groups -OCH3 is 1. The Bertz CT molecular complexity index is 805. The number of hydrogen-bond acceptors (Lipinski definition) is 4. The van der Waals surface area contributed by atoms with Crippen LogP contribution >= 0.6 is 0 Å². The summed E-state index contributed by atoms with van der Waals surface area (Å²) in [4.78, 5) is 32.4. The van der Waals surface area contributed by atoms with Gasteiger partial charge in [-0.2, -0.15) is 0 Å². The molecule has 150 valence electrons. The summed E-state index contributed by atoms with van der Waals surface area (Å²) in [5.74, 6) is -2.25. The van der Waals surface area contributed by atoms with Crippen molar-refractivity contribution >= 4 is 17.7 Å². The van der Waals surface area contributed by atoms with E-state index in [-0.39, 0.29) is 36.4 Å². The molecule has 2 aromatic carbocycles. The van der Waals surface area contributed by atoms with Crippen LogP contribution in [-0.4, -0.2) is 29.9 Å². The molecule has 0 radical (unpaired) electrons. The minimum absolute atomic E-state index is 0.0197. The molecule has 2 rings (SSSR count). The summed E-state index contributed by atoms with van der Waals surface area (Å²) in [6.45, 7) is 0. The molecule has 7 heteroatoms. The molecule has 1 N–H and O–H groups in total. The van der Waals surface area contributed by atoms with Crippen molar-refractivity contribution < 1.29 is 33.0 Å². The zero-order valence-corrected chi connectivity index (χ0v) is 15.5. The molecule has 0 heterocycles. The molecule has 0 aliphatic rings. The molecular formula is C21H22F2O5. The predicted molar refractivity (Wildman–Crippen MR) is 99.0 cm³/mol. The van der Waals surface area contributed by atoms with Gasteiger partial charge >= 0.3 is 11.9 Å². The highest BCUT2D eigenvalue weighted by molar-refractivity contribution is 5.97. The highest BCUT2D eigenvalue weighted by atomic mass is 19.1. The van der Waals surface area contributed by atoms with Gasteiger partial charge in [-0.25, -0.2) is 8.78 Å². The number of benzene rings is 2. The van der Waals surface area contributed by atoms with Crippen molar-refractivity contribution in [2.24, 2.45) is 0 Å². The fourth-order valence-electron chi connectivity index (χ4n) is 2.26. The van der Waals surface area contributed by atoms with Crippen LogP contribution in [0.1, 0.15) is 41.6 Å². The number of carboxylic acid groups (broad SMARTS) is 1. The number of ether oxygens (including phenoxy) is 1. The van der Waals surface area contributed by atoms with Crippen LogP contribution in [0.4, 0.5) is 8.78 Å². The second kappa shape index (κ2) is 12.3. The van der Waals surface area contributed by atoms with Gasteiger partial charge in [-0.15, -0.1) is 0 Å². The number of hydrogen-bond donors (Lipinski definition) is 1. The van der Waals surface area contributed by atoms with Crippen molar-refractivity contribution in [1.82, 2.24) is 0 Å². The van der Waals surface area contributed by atoms with Crippen molar-refractivity contribution in [3.8, 4) is 0 Å². The number of esters is 1. The number of rotatable bonds is 8. The van der Waals surface area contributed by atoms with Crippen LogP contribution in [0.2, 0.25) is 0 Å². The minimum Gasteiger partial charge on any atom is -0.481 e. The van der Waals surface area contributed by atoms with E-state index in [2.05, 4.69) is 4.74 Å². The Balaban J connectivity index is 0.000000283. The Morgan fingerprint density at radius 1 is 0.929 bits per heavy atom. The normalized spacial score (nSPS) is 9.82. The van der Waals surface area contributed by atoms with Gasteiger partial charge in [-0.1, -0.05) is 24.3 Å². The van der Waals surface area contributed by atoms with E-state index in [0.717, 1.165) is 11.6 Å². The second-order valence-electron chi connectivity index (χ2n) is 5.89. The number of ketones is 1. The third kappa shape index (κ3) is 9.56. The summed E-state index contributed by atoms with van der Waals surface area (Å²) in [5, 5.41) is 8.37.